The molecule has 0 unspecified atom stereocenters. The highest BCUT2D eigenvalue weighted by atomic mass is 16.4. The first kappa shape index (κ1) is 16.4. The number of hydrogen-bond donors (Lipinski definition) is 2. The number of carboxylic acid groups (broad SMARTS) is 1. The average Bonchev–Trinajstić information content (AvgIpc) is 2.47. The zero-order valence-corrected chi connectivity index (χ0v) is 13.3. The van der Waals surface area contributed by atoms with E-state index in [4.69, 9.17) is 5.11 Å². The number of likely N-dealkylation sites (tertiary alicyclic amines) is 1. The van der Waals surface area contributed by atoms with Gasteiger partial charge in [0.15, 0.2) is 0 Å². The number of carbonyl (C=O) groups is 2. The van der Waals surface area contributed by atoms with Gasteiger partial charge in [-0.1, -0.05) is 0 Å². The fourth-order valence-electron chi connectivity index (χ4n) is 2.62. The number of hydrogen-bond acceptors (Lipinski definition) is 4. The molecule has 2 heterocycles. The second-order valence-electron chi connectivity index (χ2n) is 6.64. The van der Waals surface area contributed by atoms with Gasteiger partial charge in [-0.15, -0.1) is 0 Å². The highest BCUT2D eigenvalue weighted by Crippen LogP contribution is 2.20. The molecule has 1 amide bonds. The van der Waals surface area contributed by atoms with Crippen molar-refractivity contribution in [3.05, 3.63) is 29.6 Å². The zero-order valence-electron chi connectivity index (χ0n) is 13.3. The summed E-state index contributed by atoms with van der Waals surface area (Å²) >= 11 is 0. The maximum absolute atomic E-state index is 12.2. The summed E-state index contributed by atoms with van der Waals surface area (Å²) in [5.74, 6) is -1.29. The SMILES string of the molecule is CC(C)(C)N1CCC(NC(=O)c2ccc(C(=O)O)nc2)CC1. The molecule has 0 aromatic carbocycles. The lowest BCUT2D eigenvalue weighted by Crippen LogP contribution is -2.50. The van der Waals surface area contributed by atoms with Gasteiger partial charge in [0, 0.05) is 30.9 Å². The number of aromatic nitrogens is 1. The van der Waals surface area contributed by atoms with Crippen LogP contribution in [0.3, 0.4) is 0 Å². The van der Waals surface area contributed by atoms with Crippen molar-refractivity contribution < 1.29 is 14.7 Å². The maximum atomic E-state index is 12.2. The van der Waals surface area contributed by atoms with E-state index in [1.807, 2.05) is 0 Å². The molecule has 0 aliphatic carbocycles. The Labute approximate surface area is 130 Å². The van der Waals surface area contributed by atoms with Crippen molar-refractivity contribution >= 4 is 11.9 Å². The molecule has 6 nitrogen and oxygen atoms in total. The molecule has 1 aliphatic heterocycles. The first-order valence-electron chi connectivity index (χ1n) is 7.52. The van der Waals surface area contributed by atoms with Crippen molar-refractivity contribution in [1.29, 1.82) is 0 Å². The maximum Gasteiger partial charge on any atom is 0.354 e. The number of carboxylic acids is 1. The largest absolute Gasteiger partial charge is 0.477 e. The third-order valence-corrected chi connectivity index (χ3v) is 4.02. The highest BCUT2D eigenvalue weighted by Gasteiger charge is 2.27. The molecule has 1 fully saturated rings. The summed E-state index contributed by atoms with van der Waals surface area (Å²) < 4.78 is 0. The number of nitrogens with zero attached hydrogens (tertiary/aromatic N) is 2. The van der Waals surface area contributed by atoms with Gasteiger partial charge in [0.1, 0.15) is 5.69 Å². The number of amides is 1. The minimum Gasteiger partial charge on any atom is -0.477 e. The Balaban J connectivity index is 1.89. The monoisotopic (exact) mass is 305 g/mol. The van der Waals surface area contributed by atoms with Crippen LogP contribution in [0, 0.1) is 0 Å². The molecule has 0 radical (unpaired) electrons. The molecule has 2 rings (SSSR count). The van der Waals surface area contributed by atoms with Crippen LogP contribution in [0.2, 0.25) is 0 Å². The van der Waals surface area contributed by atoms with E-state index < -0.39 is 5.97 Å². The van der Waals surface area contributed by atoms with Gasteiger partial charge in [0.05, 0.1) is 5.56 Å². The van der Waals surface area contributed by atoms with E-state index in [1.165, 1.54) is 18.3 Å². The molecule has 0 atom stereocenters. The van der Waals surface area contributed by atoms with Gasteiger partial charge in [-0.2, -0.15) is 0 Å². The lowest BCUT2D eigenvalue weighted by molar-refractivity contribution is 0.0688. The van der Waals surface area contributed by atoms with E-state index in [0.717, 1.165) is 25.9 Å². The quantitative estimate of drug-likeness (QED) is 0.889. The molecule has 1 aromatic rings. The van der Waals surface area contributed by atoms with Crippen LogP contribution in [-0.4, -0.2) is 51.5 Å². The van der Waals surface area contributed by atoms with E-state index in [-0.39, 0.29) is 23.2 Å². The second kappa shape index (κ2) is 6.44. The Morgan fingerprint density at radius 1 is 1.27 bits per heavy atom. The van der Waals surface area contributed by atoms with Crippen LogP contribution in [0.15, 0.2) is 18.3 Å². The number of piperidine rings is 1. The molecule has 0 saturated carbocycles. The lowest BCUT2D eigenvalue weighted by atomic mass is 9.98. The summed E-state index contributed by atoms with van der Waals surface area (Å²) in [6.07, 6.45) is 3.15. The van der Waals surface area contributed by atoms with Crippen LogP contribution in [0.1, 0.15) is 54.5 Å². The summed E-state index contributed by atoms with van der Waals surface area (Å²) in [5, 5.41) is 11.8. The molecule has 1 saturated heterocycles. The molecule has 2 N–H and O–H groups in total. The number of rotatable bonds is 3. The van der Waals surface area contributed by atoms with Crippen LogP contribution in [0.5, 0.6) is 0 Å². The van der Waals surface area contributed by atoms with Gasteiger partial charge < -0.3 is 10.4 Å². The van der Waals surface area contributed by atoms with Crippen molar-refractivity contribution in [2.24, 2.45) is 0 Å². The predicted octanol–water partition coefficient (Wildman–Crippen LogP) is 1.77. The summed E-state index contributed by atoms with van der Waals surface area (Å²) in [4.78, 5) is 29.1. The molecule has 0 spiro atoms. The number of pyridine rings is 1. The van der Waals surface area contributed by atoms with Crippen LogP contribution in [0.25, 0.3) is 0 Å². The molecule has 22 heavy (non-hydrogen) atoms. The normalized spacial score (nSPS) is 17.2. The Morgan fingerprint density at radius 2 is 1.91 bits per heavy atom. The van der Waals surface area contributed by atoms with E-state index in [2.05, 4.69) is 36.0 Å². The van der Waals surface area contributed by atoms with Gasteiger partial charge in [0.2, 0.25) is 0 Å². The van der Waals surface area contributed by atoms with E-state index in [1.54, 1.807) is 0 Å². The van der Waals surface area contributed by atoms with Gasteiger partial charge in [-0.05, 0) is 45.7 Å². The smallest absolute Gasteiger partial charge is 0.354 e. The standard InChI is InChI=1S/C16H23N3O3/c1-16(2,3)19-8-6-12(7-9-19)18-14(20)11-4-5-13(15(21)22)17-10-11/h4-5,10,12H,6-9H2,1-3H3,(H,18,20)(H,21,22). The molecule has 1 aromatic heterocycles. The fourth-order valence-corrected chi connectivity index (χ4v) is 2.62. The van der Waals surface area contributed by atoms with Crippen LogP contribution in [-0.2, 0) is 0 Å². The average molecular weight is 305 g/mol. The van der Waals surface area contributed by atoms with Crippen LogP contribution >= 0.6 is 0 Å². The van der Waals surface area contributed by atoms with Crippen molar-refractivity contribution in [3.63, 3.8) is 0 Å². The third kappa shape index (κ3) is 4.04. The minimum atomic E-state index is -1.10. The molecular formula is C16H23N3O3. The van der Waals surface area contributed by atoms with Gasteiger partial charge in [0.25, 0.3) is 5.91 Å². The summed E-state index contributed by atoms with van der Waals surface area (Å²) in [6.45, 7) is 8.51. The van der Waals surface area contributed by atoms with Crippen molar-refractivity contribution in [3.8, 4) is 0 Å². The number of carbonyl (C=O) groups excluding carboxylic acids is 1. The van der Waals surface area contributed by atoms with Crippen molar-refractivity contribution in [2.45, 2.75) is 45.2 Å². The zero-order chi connectivity index (χ0) is 16.3. The number of aromatic carboxylic acids is 1. The topological polar surface area (TPSA) is 82.5 Å². The van der Waals surface area contributed by atoms with Crippen molar-refractivity contribution in [2.75, 3.05) is 13.1 Å². The summed E-state index contributed by atoms with van der Waals surface area (Å²) in [6, 6.07) is 3.00. The fraction of sp³-hybridized carbons (Fsp3) is 0.562. The molecule has 120 valence electrons. The molecule has 1 aliphatic rings. The first-order chi connectivity index (χ1) is 10.3. The van der Waals surface area contributed by atoms with E-state index in [9.17, 15) is 9.59 Å². The lowest BCUT2D eigenvalue weighted by Gasteiger charge is -2.41. The Bertz CT molecular complexity index is 541. The van der Waals surface area contributed by atoms with Gasteiger partial charge in [-0.25, -0.2) is 9.78 Å². The van der Waals surface area contributed by atoms with Crippen LogP contribution < -0.4 is 5.32 Å². The summed E-state index contributed by atoms with van der Waals surface area (Å²) in [5.41, 5.74) is 0.490. The van der Waals surface area contributed by atoms with E-state index >= 15 is 0 Å². The minimum absolute atomic E-state index is 0.0602. The summed E-state index contributed by atoms with van der Waals surface area (Å²) in [7, 11) is 0. The first-order valence-corrected chi connectivity index (χ1v) is 7.52. The molecular weight excluding hydrogens is 282 g/mol. The third-order valence-electron chi connectivity index (χ3n) is 4.02. The second-order valence-corrected chi connectivity index (χ2v) is 6.64. The Kier molecular flexibility index (Phi) is 4.81. The molecule has 6 heteroatoms. The van der Waals surface area contributed by atoms with Gasteiger partial charge >= 0.3 is 5.97 Å². The van der Waals surface area contributed by atoms with Crippen molar-refractivity contribution in [1.82, 2.24) is 15.2 Å². The highest BCUT2D eigenvalue weighted by molar-refractivity contribution is 5.95. The van der Waals surface area contributed by atoms with Crippen LogP contribution in [0.4, 0.5) is 0 Å². The number of nitrogens with one attached hydrogen (secondary N) is 1. The van der Waals surface area contributed by atoms with E-state index in [0.29, 0.717) is 5.56 Å². The van der Waals surface area contributed by atoms with Gasteiger partial charge in [-0.3, -0.25) is 9.69 Å². The Morgan fingerprint density at radius 3 is 2.36 bits per heavy atom. The predicted molar refractivity (Wildman–Crippen MR) is 83.0 cm³/mol. The Hall–Kier alpha value is -1.95. The molecule has 0 bridgehead atoms.